The van der Waals surface area contributed by atoms with Crippen LogP contribution in [0.3, 0.4) is 0 Å². The number of carbonyl (C=O) groups is 2. The molecule has 2 amide bonds. The first-order chi connectivity index (χ1) is 8.42. The monoisotopic (exact) mass is 270 g/mol. The largest absolute Gasteiger partial charge is 0.302 e. The normalized spacial score (nSPS) is 32.7. The number of amides is 2. The van der Waals surface area contributed by atoms with Crippen molar-refractivity contribution < 1.29 is 9.59 Å². The van der Waals surface area contributed by atoms with E-state index in [4.69, 9.17) is 0 Å². The molecule has 102 valence electrons. The highest BCUT2D eigenvalue weighted by atomic mass is 32.2. The third kappa shape index (κ3) is 2.72. The summed E-state index contributed by atoms with van der Waals surface area (Å²) in [7, 11) is 1.58. The Morgan fingerprint density at radius 3 is 2.78 bits per heavy atom. The Morgan fingerprint density at radius 1 is 1.39 bits per heavy atom. The van der Waals surface area contributed by atoms with Crippen LogP contribution in [0, 0.1) is 5.41 Å². The summed E-state index contributed by atoms with van der Waals surface area (Å²) in [5.74, 6) is 2.12. The van der Waals surface area contributed by atoms with Crippen LogP contribution >= 0.6 is 11.8 Å². The lowest BCUT2D eigenvalue weighted by molar-refractivity contribution is -0.148. The van der Waals surface area contributed by atoms with Crippen LogP contribution in [0.25, 0.3) is 0 Å². The number of thioether (sulfide) groups is 1. The number of rotatable bonds is 2. The highest BCUT2D eigenvalue weighted by Crippen LogP contribution is 2.34. The summed E-state index contributed by atoms with van der Waals surface area (Å²) in [4.78, 5) is 24.8. The number of likely N-dealkylation sites (tertiary alicyclic amines) is 1. The summed E-state index contributed by atoms with van der Waals surface area (Å²) in [6.45, 7) is 4.51. The first-order valence-corrected chi connectivity index (χ1v) is 7.71. The molecular formula is C13H22N2O2S. The van der Waals surface area contributed by atoms with E-state index in [1.807, 2.05) is 11.8 Å². The van der Waals surface area contributed by atoms with E-state index in [2.05, 4.69) is 19.2 Å². The van der Waals surface area contributed by atoms with Gasteiger partial charge in [0.1, 0.15) is 0 Å². The zero-order valence-electron chi connectivity index (χ0n) is 11.4. The molecule has 2 fully saturated rings. The second kappa shape index (κ2) is 5.21. The predicted molar refractivity (Wildman–Crippen MR) is 73.4 cm³/mol. The second-order valence-corrected chi connectivity index (χ2v) is 7.06. The van der Waals surface area contributed by atoms with Gasteiger partial charge in [0.05, 0.1) is 6.04 Å². The van der Waals surface area contributed by atoms with Gasteiger partial charge in [-0.25, -0.2) is 0 Å². The molecule has 1 N–H and O–H groups in total. The molecule has 2 aliphatic rings. The van der Waals surface area contributed by atoms with E-state index in [1.54, 1.807) is 7.05 Å². The minimum Gasteiger partial charge on any atom is -0.302 e. The van der Waals surface area contributed by atoms with E-state index in [9.17, 15) is 9.59 Å². The highest BCUT2D eigenvalue weighted by molar-refractivity contribution is 7.99. The summed E-state index contributed by atoms with van der Waals surface area (Å²) in [5, 5.41) is 3.48. The molecule has 2 rings (SSSR count). The van der Waals surface area contributed by atoms with E-state index in [0.717, 1.165) is 5.75 Å². The van der Waals surface area contributed by atoms with Crippen molar-refractivity contribution in [1.29, 1.82) is 0 Å². The van der Waals surface area contributed by atoms with Crippen molar-refractivity contribution in [2.75, 3.05) is 18.6 Å². The standard InChI is InChI=1S/C13H22N2O2S/c1-13(2)6-7-18-8-10(13)14-9-4-5-11(16)15(3)12(9)17/h9-10,14H,4-8H2,1-3H3. The number of carbonyl (C=O) groups excluding carboxylic acids is 2. The highest BCUT2D eigenvalue weighted by Gasteiger charge is 2.38. The van der Waals surface area contributed by atoms with Crippen LogP contribution in [0.5, 0.6) is 0 Å². The van der Waals surface area contributed by atoms with Crippen LogP contribution in [0.1, 0.15) is 33.1 Å². The van der Waals surface area contributed by atoms with Gasteiger partial charge in [-0.05, 0) is 24.0 Å². The summed E-state index contributed by atoms with van der Waals surface area (Å²) in [6, 6.07) is 0.169. The van der Waals surface area contributed by atoms with Crippen molar-refractivity contribution >= 4 is 23.6 Å². The summed E-state index contributed by atoms with van der Waals surface area (Å²) in [6.07, 6.45) is 2.28. The molecule has 2 atom stereocenters. The predicted octanol–water partition coefficient (Wildman–Crippen LogP) is 1.26. The molecule has 0 spiro atoms. The number of nitrogens with zero attached hydrogens (tertiary/aromatic N) is 1. The summed E-state index contributed by atoms with van der Waals surface area (Å²) in [5.41, 5.74) is 0.228. The lowest BCUT2D eigenvalue weighted by Gasteiger charge is -2.41. The van der Waals surface area contributed by atoms with Crippen LogP contribution in [-0.2, 0) is 9.59 Å². The molecule has 0 saturated carbocycles. The Bertz CT molecular complexity index is 357. The molecule has 0 aromatic rings. The molecule has 5 heteroatoms. The Kier molecular flexibility index (Phi) is 4.02. The molecule has 0 aromatic heterocycles. The second-order valence-electron chi connectivity index (χ2n) is 5.92. The molecule has 0 aliphatic carbocycles. The van der Waals surface area contributed by atoms with Crippen molar-refractivity contribution in [3.05, 3.63) is 0 Å². The van der Waals surface area contributed by atoms with E-state index in [-0.39, 0.29) is 23.3 Å². The minimum atomic E-state index is -0.185. The van der Waals surface area contributed by atoms with Crippen LogP contribution in [0.2, 0.25) is 0 Å². The Hall–Kier alpha value is -0.550. The van der Waals surface area contributed by atoms with Gasteiger partial charge in [0.15, 0.2) is 0 Å². The van der Waals surface area contributed by atoms with Crippen molar-refractivity contribution in [3.63, 3.8) is 0 Å². The maximum atomic E-state index is 12.1. The number of imide groups is 1. The van der Waals surface area contributed by atoms with Gasteiger partial charge in [0.2, 0.25) is 11.8 Å². The van der Waals surface area contributed by atoms with Gasteiger partial charge in [0, 0.05) is 25.3 Å². The van der Waals surface area contributed by atoms with Gasteiger partial charge in [-0.1, -0.05) is 13.8 Å². The van der Waals surface area contributed by atoms with E-state index < -0.39 is 0 Å². The zero-order valence-corrected chi connectivity index (χ0v) is 12.2. The lowest BCUT2D eigenvalue weighted by Crippen LogP contribution is -2.58. The van der Waals surface area contributed by atoms with E-state index >= 15 is 0 Å². The molecule has 0 aromatic carbocycles. The molecule has 4 nitrogen and oxygen atoms in total. The fraction of sp³-hybridized carbons (Fsp3) is 0.846. The topological polar surface area (TPSA) is 49.4 Å². The molecule has 2 aliphatic heterocycles. The SMILES string of the molecule is CN1C(=O)CCC(NC2CSCCC2(C)C)C1=O. The van der Waals surface area contributed by atoms with Gasteiger partial charge < -0.3 is 5.32 Å². The van der Waals surface area contributed by atoms with E-state index in [1.165, 1.54) is 17.1 Å². The number of nitrogens with one attached hydrogen (secondary N) is 1. The van der Waals surface area contributed by atoms with Crippen LogP contribution < -0.4 is 5.32 Å². The molecule has 2 heterocycles. The lowest BCUT2D eigenvalue weighted by atomic mass is 9.81. The fourth-order valence-electron chi connectivity index (χ4n) is 2.52. The van der Waals surface area contributed by atoms with Gasteiger partial charge in [-0.2, -0.15) is 11.8 Å². The van der Waals surface area contributed by atoms with E-state index in [0.29, 0.717) is 18.9 Å². The quantitative estimate of drug-likeness (QED) is 0.767. The Morgan fingerprint density at radius 2 is 2.11 bits per heavy atom. The van der Waals surface area contributed by atoms with Gasteiger partial charge >= 0.3 is 0 Å². The van der Waals surface area contributed by atoms with Crippen LogP contribution in [-0.4, -0.2) is 47.4 Å². The summed E-state index contributed by atoms with van der Waals surface area (Å²) < 4.78 is 0. The van der Waals surface area contributed by atoms with Crippen molar-refractivity contribution in [2.24, 2.45) is 5.41 Å². The number of piperidine rings is 1. The first-order valence-electron chi connectivity index (χ1n) is 6.56. The van der Waals surface area contributed by atoms with Crippen LogP contribution in [0.4, 0.5) is 0 Å². The molecule has 0 radical (unpaired) electrons. The molecule has 18 heavy (non-hydrogen) atoms. The Labute approximate surface area is 113 Å². The maximum Gasteiger partial charge on any atom is 0.246 e. The van der Waals surface area contributed by atoms with Crippen LogP contribution in [0.15, 0.2) is 0 Å². The van der Waals surface area contributed by atoms with Crippen molar-refractivity contribution in [3.8, 4) is 0 Å². The van der Waals surface area contributed by atoms with Gasteiger partial charge in [-0.3, -0.25) is 14.5 Å². The first kappa shape index (κ1) is 13.9. The third-order valence-electron chi connectivity index (χ3n) is 4.17. The molecule has 0 bridgehead atoms. The smallest absolute Gasteiger partial charge is 0.246 e. The molecule has 2 unspecified atom stereocenters. The average Bonchev–Trinajstić information content (AvgIpc) is 2.32. The van der Waals surface area contributed by atoms with Crippen molar-refractivity contribution in [1.82, 2.24) is 10.2 Å². The van der Waals surface area contributed by atoms with Gasteiger partial charge in [-0.15, -0.1) is 0 Å². The summed E-state index contributed by atoms with van der Waals surface area (Å²) >= 11 is 1.94. The van der Waals surface area contributed by atoms with Crippen molar-refractivity contribution in [2.45, 2.75) is 45.2 Å². The minimum absolute atomic E-state index is 0.0599. The van der Waals surface area contributed by atoms with Gasteiger partial charge in [0.25, 0.3) is 0 Å². The number of hydrogen-bond donors (Lipinski definition) is 1. The average molecular weight is 270 g/mol. The third-order valence-corrected chi connectivity index (χ3v) is 5.23. The zero-order chi connectivity index (χ0) is 13.3. The number of hydrogen-bond acceptors (Lipinski definition) is 4. The maximum absolute atomic E-state index is 12.1. The molecular weight excluding hydrogens is 248 g/mol. The molecule has 2 saturated heterocycles. The fourth-order valence-corrected chi connectivity index (χ4v) is 4.14. The Balaban J connectivity index is 2.00. The number of likely N-dealkylation sites (N-methyl/N-ethyl adjacent to an activating group) is 1.